The number of hydrogen-bond acceptors (Lipinski definition) is 5. The minimum atomic E-state index is -2.08. The zero-order chi connectivity index (χ0) is 16.8. The fourth-order valence-corrected chi connectivity index (χ4v) is 2.66. The number of aromatic nitrogens is 2. The van der Waals surface area contributed by atoms with Crippen LogP contribution in [-0.4, -0.2) is 18.7 Å². The summed E-state index contributed by atoms with van der Waals surface area (Å²) in [5.41, 5.74) is 0.655. The minimum absolute atomic E-state index is 0.331. The smallest absolute Gasteiger partial charge is 0.186 e. The third kappa shape index (κ3) is 4.15. The standard InChI is InChI=1S/C17H15N3O3S/c21-24(22)16-7-6-14(23-15-4-3-8-18-12-15)10-13(16)11-20-17-5-1-2-9-19-17/h1-10,12H,11H2,(H,19,20)(H,21,22). The molecule has 1 atom stereocenters. The van der Waals surface area contributed by atoms with Crippen LogP contribution in [0.3, 0.4) is 0 Å². The predicted octanol–water partition coefficient (Wildman–Crippen LogP) is 3.46. The molecule has 0 amide bonds. The Morgan fingerprint density at radius 2 is 2.00 bits per heavy atom. The summed E-state index contributed by atoms with van der Waals surface area (Å²) in [5, 5.41) is 3.12. The summed E-state index contributed by atoms with van der Waals surface area (Å²) in [6.45, 7) is 0.350. The molecule has 2 aromatic heterocycles. The van der Waals surface area contributed by atoms with E-state index in [4.69, 9.17) is 4.74 Å². The quantitative estimate of drug-likeness (QED) is 0.668. The van der Waals surface area contributed by atoms with Gasteiger partial charge in [-0.3, -0.25) is 4.98 Å². The van der Waals surface area contributed by atoms with E-state index in [-0.39, 0.29) is 0 Å². The molecule has 2 N–H and O–H groups in total. The number of hydrogen-bond donors (Lipinski definition) is 2. The van der Waals surface area contributed by atoms with Crippen LogP contribution in [0.15, 0.2) is 72.0 Å². The largest absolute Gasteiger partial charge is 0.456 e. The van der Waals surface area contributed by atoms with Crippen LogP contribution >= 0.6 is 0 Å². The third-order valence-electron chi connectivity index (χ3n) is 3.22. The minimum Gasteiger partial charge on any atom is -0.456 e. The maximum Gasteiger partial charge on any atom is 0.186 e. The maximum absolute atomic E-state index is 11.5. The van der Waals surface area contributed by atoms with E-state index < -0.39 is 11.1 Å². The van der Waals surface area contributed by atoms with Crippen molar-refractivity contribution < 1.29 is 13.5 Å². The normalized spacial score (nSPS) is 11.7. The number of nitrogens with one attached hydrogen (secondary N) is 1. The van der Waals surface area contributed by atoms with Gasteiger partial charge < -0.3 is 14.6 Å². The molecule has 3 rings (SSSR count). The van der Waals surface area contributed by atoms with Crippen molar-refractivity contribution in [1.29, 1.82) is 0 Å². The van der Waals surface area contributed by atoms with E-state index in [1.54, 1.807) is 48.9 Å². The molecule has 3 aromatic rings. The number of anilines is 1. The van der Waals surface area contributed by atoms with Crippen molar-refractivity contribution >= 4 is 16.9 Å². The van der Waals surface area contributed by atoms with Crippen LogP contribution in [-0.2, 0) is 17.6 Å². The first kappa shape index (κ1) is 16.1. The molecule has 0 saturated heterocycles. The number of rotatable bonds is 6. The summed E-state index contributed by atoms with van der Waals surface area (Å²) in [6, 6.07) is 14.0. The Morgan fingerprint density at radius 1 is 1.08 bits per heavy atom. The SMILES string of the molecule is O=S(O)c1ccc(Oc2cccnc2)cc1CNc1ccccn1. The molecule has 2 heterocycles. The van der Waals surface area contributed by atoms with Crippen LogP contribution in [0.5, 0.6) is 11.5 Å². The molecule has 0 bridgehead atoms. The predicted molar refractivity (Wildman–Crippen MR) is 91.4 cm³/mol. The Hall–Kier alpha value is -2.77. The molecule has 0 saturated carbocycles. The highest BCUT2D eigenvalue weighted by molar-refractivity contribution is 7.79. The first-order chi connectivity index (χ1) is 11.7. The molecule has 24 heavy (non-hydrogen) atoms. The molecule has 122 valence electrons. The van der Waals surface area contributed by atoms with Crippen LogP contribution in [0.25, 0.3) is 0 Å². The van der Waals surface area contributed by atoms with Gasteiger partial charge in [0.1, 0.15) is 17.3 Å². The van der Waals surface area contributed by atoms with E-state index in [2.05, 4.69) is 15.3 Å². The molecule has 0 aliphatic heterocycles. The Balaban J connectivity index is 1.82. The molecule has 0 aliphatic rings. The van der Waals surface area contributed by atoms with Crippen LogP contribution in [0.4, 0.5) is 5.82 Å². The van der Waals surface area contributed by atoms with Gasteiger partial charge in [0.15, 0.2) is 11.1 Å². The van der Waals surface area contributed by atoms with Gasteiger partial charge in [0, 0.05) is 18.9 Å². The van der Waals surface area contributed by atoms with Crippen molar-refractivity contribution in [3.8, 4) is 11.5 Å². The van der Waals surface area contributed by atoms with Crippen LogP contribution in [0.1, 0.15) is 5.56 Å². The molecule has 0 radical (unpaired) electrons. The Kier molecular flexibility index (Phi) is 5.15. The van der Waals surface area contributed by atoms with E-state index in [9.17, 15) is 8.76 Å². The van der Waals surface area contributed by atoms with Gasteiger partial charge in [-0.05, 0) is 48.0 Å². The van der Waals surface area contributed by atoms with Gasteiger partial charge >= 0.3 is 0 Å². The first-order valence-electron chi connectivity index (χ1n) is 7.19. The zero-order valence-electron chi connectivity index (χ0n) is 12.6. The Bertz CT molecular complexity index is 829. The van der Waals surface area contributed by atoms with Crippen LogP contribution < -0.4 is 10.1 Å². The summed E-state index contributed by atoms with van der Waals surface area (Å²) in [4.78, 5) is 8.49. The molecule has 0 spiro atoms. The summed E-state index contributed by atoms with van der Waals surface area (Å²) in [6.07, 6.45) is 4.94. The number of benzene rings is 1. The number of pyridine rings is 2. The molecule has 6 nitrogen and oxygen atoms in total. The third-order valence-corrected chi connectivity index (χ3v) is 3.99. The van der Waals surface area contributed by atoms with Gasteiger partial charge in [-0.25, -0.2) is 9.19 Å². The molecule has 1 aromatic carbocycles. The highest BCUT2D eigenvalue weighted by Gasteiger charge is 2.10. The van der Waals surface area contributed by atoms with Gasteiger partial charge in [0.05, 0.1) is 11.1 Å². The molecule has 1 unspecified atom stereocenters. The van der Waals surface area contributed by atoms with Gasteiger partial charge in [-0.15, -0.1) is 0 Å². The Labute approximate surface area is 141 Å². The number of ether oxygens (including phenoxy) is 1. The van der Waals surface area contributed by atoms with Crippen molar-refractivity contribution in [2.24, 2.45) is 0 Å². The second kappa shape index (κ2) is 7.67. The van der Waals surface area contributed by atoms with Gasteiger partial charge in [-0.2, -0.15) is 0 Å². The van der Waals surface area contributed by atoms with E-state index in [1.165, 1.54) is 0 Å². The second-order valence-corrected chi connectivity index (χ2v) is 5.82. The summed E-state index contributed by atoms with van der Waals surface area (Å²) in [5.74, 6) is 1.85. The van der Waals surface area contributed by atoms with Crippen molar-refractivity contribution in [2.45, 2.75) is 11.4 Å². The molecular weight excluding hydrogens is 326 g/mol. The first-order valence-corrected chi connectivity index (χ1v) is 8.29. The van der Waals surface area contributed by atoms with E-state index >= 15 is 0 Å². The van der Waals surface area contributed by atoms with Gasteiger partial charge in [0.25, 0.3) is 0 Å². The topological polar surface area (TPSA) is 84.3 Å². The Morgan fingerprint density at radius 3 is 2.71 bits per heavy atom. The summed E-state index contributed by atoms with van der Waals surface area (Å²) in [7, 11) is 0. The molecular formula is C17H15N3O3S. The average molecular weight is 341 g/mol. The van der Waals surface area contributed by atoms with Crippen molar-refractivity contribution in [1.82, 2.24) is 9.97 Å². The zero-order valence-corrected chi connectivity index (χ0v) is 13.4. The van der Waals surface area contributed by atoms with Crippen LogP contribution in [0, 0.1) is 0 Å². The van der Waals surface area contributed by atoms with Gasteiger partial charge in [0.2, 0.25) is 0 Å². The lowest BCUT2D eigenvalue weighted by Gasteiger charge is -2.11. The fraction of sp³-hybridized carbons (Fsp3) is 0.0588. The van der Waals surface area contributed by atoms with Crippen molar-refractivity contribution in [3.63, 3.8) is 0 Å². The van der Waals surface area contributed by atoms with E-state index in [0.717, 1.165) is 0 Å². The lowest BCUT2D eigenvalue weighted by atomic mass is 10.2. The highest BCUT2D eigenvalue weighted by Crippen LogP contribution is 2.25. The monoisotopic (exact) mass is 341 g/mol. The highest BCUT2D eigenvalue weighted by atomic mass is 32.2. The molecule has 0 aliphatic carbocycles. The van der Waals surface area contributed by atoms with E-state index in [1.807, 2.05) is 18.2 Å². The lowest BCUT2D eigenvalue weighted by Crippen LogP contribution is -2.05. The second-order valence-electron chi connectivity index (χ2n) is 4.88. The summed E-state index contributed by atoms with van der Waals surface area (Å²) < 4.78 is 26.7. The van der Waals surface area contributed by atoms with Crippen LogP contribution in [0.2, 0.25) is 0 Å². The number of nitrogens with zero attached hydrogens (tertiary/aromatic N) is 2. The van der Waals surface area contributed by atoms with Gasteiger partial charge in [-0.1, -0.05) is 6.07 Å². The molecule has 7 heteroatoms. The lowest BCUT2D eigenvalue weighted by molar-refractivity contribution is 0.479. The average Bonchev–Trinajstić information content (AvgIpc) is 2.61. The van der Waals surface area contributed by atoms with Crippen molar-refractivity contribution in [3.05, 3.63) is 72.7 Å². The summed E-state index contributed by atoms with van der Waals surface area (Å²) >= 11 is -2.08. The maximum atomic E-state index is 11.5. The fourth-order valence-electron chi connectivity index (χ4n) is 2.12. The van der Waals surface area contributed by atoms with E-state index in [0.29, 0.717) is 34.3 Å². The van der Waals surface area contributed by atoms with Crippen molar-refractivity contribution in [2.75, 3.05) is 5.32 Å². The molecule has 0 fully saturated rings.